The Kier molecular flexibility index (Phi) is 5.93. The summed E-state index contributed by atoms with van der Waals surface area (Å²) >= 11 is 1.67. The van der Waals surface area contributed by atoms with Gasteiger partial charge >= 0.3 is 0 Å². The van der Waals surface area contributed by atoms with Crippen molar-refractivity contribution in [2.24, 2.45) is 0 Å². The molecule has 0 aliphatic heterocycles. The molecule has 0 aliphatic rings. The Morgan fingerprint density at radius 2 is 1.62 bits per heavy atom. The van der Waals surface area contributed by atoms with Crippen LogP contribution in [-0.2, 0) is 5.41 Å². The fourth-order valence-electron chi connectivity index (χ4n) is 2.78. The summed E-state index contributed by atoms with van der Waals surface area (Å²) in [5, 5.41) is 4.30. The van der Waals surface area contributed by atoms with Crippen molar-refractivity contribution in [1.29, 1.82) is 0 Å². The summed E-state index contributed by atoms with van der Waals surface area (Å²) in [4.78, 5) is 14.8. The van der Waals surface area contributed by atoms with E-state index in [1.54, 1.807) is 38.9 Å². The molecule has 0 aliphatic carbocycles. The molecule has 2 aromatic heterocycles. The lowest BCUT2D eigenvalue weighted by molar-refractivity contribution is 0.324. The van der Waals surface area contributed by atoms with Crippen LogP contribution < -0.4 is 19.5 Å². The zero-order valence-electron chi connectivity index (χ0n) is 17.8. The summed E-state index contributed by atoms with van der Waals surface area (Å²) in [7, 11) is 4.73. The molecular formula is C21H26N4O3S. The Labute approximate surface area is 175 Å². The van der Waals surface area contributed by atoms with Gasteiger partial charge in [-0.2, -0.15) is 0 Å². The topological polar surface area (TPSA) is 78.4 Å². The van der Waals surface area contributed by atoms with Crippen molar-refractivity contribution in [3.8, 4) is 27.8 Å². The number of ether oxygens (including phenoxy) is 3. The Hall–Kier alpha value is -2.87. The minimum atomic E-state index is -0.00200. The number of aromatic nitrogens is 3. The molecule has 0 atom stereocenters. The van der Waals surface area contributed by atoms with E-state index in [-0.39, 0.29) is 5.41 Å². The molecule has 7 nitrogen and oxygen atoms in total. The monoisotopic (exact) mass is 414 g/mol. The van der Waals surface area contributed by atoms with Gasteiger partial charge in [-0.25, -0.2) is 15.0 Å². The van der Waals surface area contributed by atoms with E-state index in [1.807, 2.05) is 25.1 Å². The van der Waals surface area contributed by atoms with Crippen molar-refractivity contribution in [1.82, 2.24) is 15.0 Å². The molecular weight excluding hydrogens is 388 g/mol. The number of thiazole rings is 1. The van der Waals surface area contributed by atoms with E-state index >= 15 is 0 Å². The average molecular weight is 415 g/mol. The molecule has 0 saturated carbocycles. The summed E-state index contributed by atoms with van der Waals surface area (Å²) in [6, 6.07) is 5.52. The molecule has 8 heteroatoms. The zero-order chi connectivity index (χ0) is 21.2. The molecule has 154 valence electrons. The van der Waals surface area contributed by atoms with E-state index in [1.165, 1.54) is 0 Å². The van der Waals surface area contributed by atoms with E-state index in [0.29, 0.717) is 23.2 Å². The first kappa shape index (κ1) is 20.9. The van der Waals surface area contributed by atoms with Gasteiger partial charge in [0.1, 0.15) is 0 Å². The number of hydrogen-bond donors (Lipinski definition) is 1. The summed E-state index contributed by atoms with van der Waals surface area (Å²) in [5.41, 5.74) is 2.53. The minimum Gasteiger partial charge on any atom is -0.493 e. The van der Waals surface area contributed by atoms with Crippen LogP contribution in [0.5, 0.6) is 17.2 Å². The van der Waals surface area contributed by atoms with Crippen molar-refractivity contribution >= 4 is 23.0 Å². The molecule has 1 N–H and O–H groups in total. The molecule has 1 aromatic carbocycles. The highest BCUT2D eigenvalue weighted by Gasteiger charge is 2.21. The molecule has 3 aromatic rings. The van der Waals surface area contributed by atoms with E-state index in [0.717, 1.165) is 27.0 Å². The van der Waals surface area contributed by atoms with Crippen LogP contribution in [0.3, 0.4) is 0 Å². The number of hydrogen-bond acceptors (Lipinski definition) is 8. The molecule has 0 spiro atoms. The van der Waals surface area contributed by atoms with Gasteiger partial charge in [-0.15, -0.1) is 11.3 Å². The zero-order valence-corrected chi connectivity index (χ0v) is 18.6. The van der Waals surface area contributed by atoms with Crippen LogP contribution in [0, 0.1) is 6.92 Å². The SMILES string of the molecule is COc1cc(Nc2nccc(-c3sc(C(C)(C)C)nc3C)n2)cc(OC)c1OC. The third kappa shape index (κ3) is 4.42. The van der Waals surface area contributed by atoms with E-state index in [9.17, 15) is 0 Å². The lowest BCUT2D eigenvalue weighted by Crippen LogP contribution is -2.10. The Balaban J connectivity index is 1.95. The highest BCUT2D eigenvalue weighted by Crippen LogP contribution is 2.40. The van der Waals surface area contributed by atoms with Gasteiger partial charge in [-0.1, -0.05) is 20.8 Å². The van der Waals surface area contributed by atoms with Crippen LogP contribution in [0.4, 0.5) is 11.6 Å². The lowest BCUT2D eigenvalue weighted by atomic mass is 9.98. The summed E-state index contributed by atoms with van der Waals surface area (Å²) in [6.07, 6.45) is 1.73. The first-order chi connectivity index (χ1) is 13.8. The first-order valence-corrected chi connectivity index (χ1v) is 9.96. The van der Waals surface area contributed by atoms with Gasteiger partial charge in [0.25, 0.3) is 0 Å². The van der Waals surface area contributed by atoms with Crippen LogP contribution in [0.1, 0.15) is 31.5 Å². The van der Waals surface area contributed by atoms with Crippen LogP contribution in [0.15, 0.2) is 24.4 Å². The number of anilines is 2. The molecule has 2 heterocycles. The smallest absolute Gasteiger partial charge is 0.227 e. The van der Waals surface area contributed by atoms with Crippen LogP contribution in [0.25, 0.3) is 10.6 Å². The predicted molar refractivity (Wildman–Crippen MR) is 116 cm³/mol. The van der Waals surface area contributed by atoms with Crippen molar-refractivity contribution in [3.63, 3.8) is 0 Å². The molecule has 0 amide bonds. The fraction of sp³-hybridized carbons (Fsp3) is 0.381. The predicted octanol–water partition coefficient (Wildman–Crippen LogP) is 4.98. The molecule has 0 radical (unpaired) electrons. The van der Waals surface area contributed by atoms with Gasteiger partial charge in [0.2, 0.25) is 11.7 Å². The van der Waals surface area contributed by atoms with Crippen molar-refractivity contribution in [3.05, 3.63) is 35.1 Å². The van der Waals surface area contributed by atoms with E-state index in [4.69, 9.17) is 19.2 Å². The van der Waals surface area contributed by atoms with E-state index in [2.05, 4.69) is 36.1 Å². The maximum atomic E-state index is 5.41. The largest absolute Gasteiger partial charge is 0.493 e. The molecule has 29 heavy (non-hydrogen) atoms. The van der Waals surface area contributed by atoms with Crippen LogP contribution in [0.2, 0.25) is 0 Å². The summed E-state index contributed by atoms with van der Waals surface area (Å²) in [5.74, 6) is 2.12. The standard InChI is InChI=1S/C21H26N4O3S/c1-12-18(29-19(23-12)21(2,3)4)14-8-9-22-20(25-14)24-13-10-15(26-5)17(28-7)16(11-13)27-6/h8-11H,1-7H3,(H,22,24,25). The molecule has 3 rings (SSSR count). The van der Waals surface area contributed by atoms with Crippen LogP contribution in [-0.4, -0.2) is 36.3 Å². The molecule has 0 saturated heterocycles. The quantitative estimate of drug-likeness (QED) is 0.610. The Morgan fingerprint density at radius 3 is 2.14 bits per heavy atom. The number of rotatable bonds is 6. The first-order valence-electron chi connectivity index (χ1n) is 9.15. The Bertz CT molecular complexity index is 986. The minimum absolute atomic E-state index is 0.00200. The number of aryl methyl sites for hydroxylation is 1. The summed E-state index contributed by atoms with van der Waals surface area (Å²) < 4.78 is 16.2. The van der Waals surface area contributed by atoms with Gasteiger partial charge in [0, 0.05) is 29.4 Å². The summed E-state index contributed by atoms with van der Waals surface area (Å²) in [6.45, 7) is 8.49. The van der Waals surface area contributed by atoms with Gasteiger partial charge in [-0.3, -0.25) is 0 Å². The number of methoxy groups -OCH3 is 3. The fourth-order valence-corrected chi connectivity index (χ4v) is 3.88. The molecule has 0 unspecified atom stereocenters. The lowest BCUT2D eigenvalue weighted by Gasteiger charge is -2.14. The van der Waals surface area contributed by atoms with Crippen molar-refractivity contribution < 1.29 is 14.2 Å². The maximum absolute atomic E-state index is 5.41. The second-order valence-corrected chi connectivity index (χ2v) is 8.49. The average Bonchev–Trinajstić information content (AvgIpc) is 3.09. The normalized spacial score (nSPS) is 11.3. The van der Waals surface area contributed by atoms with Crippen molar-refractivity contribution in [2.45, 2.75) is 33.1 Å². The number of nitrogens with zero attached hydrogens (tertiary/aromatic N) is 3. The third-order valence-corrected chi connectivity index (χ3v) is 5.85. The third-order valence-electron chi connectivity index (χ3n) is 4.25. The molecule has 0 bridgehead atoms. The van der Waals surface area contributed by atoms with Crippen LogP contribution >= 0.6 is 11.3 Å². The maximum Gasteiger partial charge on any atom is 0.227 e. The number of benzene rings is 1. The van der Waals surface area contributed by atoms with Crippen molar-refractivity contribution in [2.75, 3.05) is 26.6 Å². The van der Waals surface area contributed by atoms with E-state index < -0.39 is 0 Å². The van der Waals surface area contributed by atoms with Gasteiger partial charge in [-0.05, 0) is 13.0 Å². The highest BCUT2D eigenvalue weighted by molar-refractivity contribution is 7.15. The Morgan fingerprint density at radius 1 is 0.966 bits per heavy atom. The second kappa shape index (κ2) is 8.24. The highest BCUT2D eigenvalue weighted by atomic mass is 32.1. The van der Waals surface area contributed by atoms with Gasteiger partial charge in [0.15, 0.2) is 11.5 Å². The molecule has 0 fully saturated rings. The number of nitrogens with one attached hydrogen (secondary N) is 1. The second-order valence-electron chi connectivity index (χ2n) is 7.49. The van der Waals surface area contributed by atoms with Gasteiger partial charge in [0.05, 0.1) is 42.6 Å². The van der Waals surface area contributed by atoms with Gasteiger partial charge < -0.3 is 19.5 Å².